The average molecular weight is 479 g/mol. The molecule has 10 nitrogen and oxygen atoms in total. The van der Waals surface area contributed by atoms with Crippen LogP contribution in [0.25, 0.3) is 11.3 Å². The highest BCUT2D eigenvalue weighted by Gasteiger charge is 2.48. The molecule has 0 amide bonds. The third kappa shape index (κ3) is 5.65. The van der Waals surface area contributed by atoms with Crippen LogP contribution in [0.3, 0.4) is 0 Å². The van der Waals surface area contributed by atoms with Crippen molar-refractivity contribution in [2.45, 2.75) is 65.3 Å². The van der Waals surface area contributed by atoms with Gasteiger partial charge in [-0.25, -0.2) is 0 Å². The molecule has 3 rings (SSSR count). The van der Waals surface area contributed by atoms with Crippen molar-refractivity contribution in [2.75, 3.05) is 5.75 Å². The molecule has 2 aromatic rings. The van der Waals surface area contributed by atoms with Crippen LogP contribution in [0.4, 0.5) is 0 Å². The first-order valence-corrected chi connectivity index (χ1v) is 11.3. The van der Waals surface area contributed by atoms with Gasteiger partial charge in [0.15, 0.2) is 29.5 Å². The highest BCUT2D eigenvalue weighted by atomic mass is 32.2. The van der Waals surface area contributed by atoms with Gasteiger partial charge in [0, 0.05) is 32.7 Å². The third-order valence-electron chi connectivity index (χ3n) is 4.91. The SMILES string of the molecule is CC(=O)O[C@@H]1[C@@H](OC(C)=O)[C@@H](Oc2c(C)ccnc2-c2c(C)noc2C)SC[C@H]1OC(C)=O. The first-order chi connectivity index (χ1) is 15.6. The molecule has 0 radical (unpaired) electrons. The van der Waals surface area contributed by atoms with Crippen molar-refractivity contribution >= 4 is 29.7 Å². The number of esters is 3. The van der Waals surface area contributed by atoms with E-state index >= 15 is 0 Å². The Balaban J connectivity index is 2.01. The van der Waals surface area contributed by atoms with Gasteiger partial charge in [0.2, 0.25) is 0 Å². The molecule has 0 N–H and O–H groups in total. The molecule has 2 aromatic heterocycles. The van der Waals surface area contributed by atoms with Gasteiger partial charge in [-0.1, -0.05) is 5.16 Å². The molecule has 0 aromatic carbocycles. The summed E-state index contributed by atoms with van der Waals surface area (Å²) in [6.45, 7) is 9.17. The summed E-state index contributed by atoms with van der Waals surface area (Å²) in [4.78, 5) is 39.8. The lowest BCUT2D eigenvalue weighted by Gasteiger charge is -2.40. The molecule has 4 atom stereocenters. The van der Waals surface area contributed by atoms with E-state index < -0.39 is 41.7 Å². The molecule has 0 unspecified atom stereocenters. The summed E-state index contributed by atoms with van der Waals surface area (Å²) in [6.07, 6.45) is -1.23. The second-order valence-electron chi connectivity index (χ2n) is 7.62. The number of pyridine rings is 1. The number of hydrogen-bond donors (Lipinski definition) is 0. The van der Waals surface area contributed by atoms with Crippen LogP contribution in [0.15, 0.2) is 16.8 Å². The zero-order valence-electron chi connectivity index (χ0n) is 19.2. The van der Waals surface area contributed by atoms with E-state index in [-0.39, 0.29) is 5.75 Å². The number of nitrogens with zero attached hydrogens (tertiary/aromatic N) is 2. The third-order valence-corrected chi connectivity index (χ3v) is 6.12. The van der Waals surface area contributed by atoms with Crippen molar-refractivity contribution < 1.29 is 37.9 Å². The number of ether oxygens (including phenoxy) is 4. The fourth-order valence-corrected chi connectivity index (χ4v) is 4.82. The summed E-state index contributed by atoms with van der Waals surface area (Å²) in [5.74, 6) is -0.440. The van der Waals surface area contributed by atoms with E-state index in [4.69, 9.17) is 23.5 Å². The second-order valence-corrected chi connectivity index (χ2v) is 8.75. The van der Waals surface area contributed by atoms with E-state index in [9.17, 15) is 14.4 Å². The fourth-order valence-electron chi connectivity index (χ4n) is 3.62. The number of hydrogen-bond acceptors (Lipinski definition) is 11. The smallest absolute Gasteiger partial charge is 0.303 e. The van der Waals surface area contributed by atoms with Crippen LogP contribution in [0.5, 0.6) is 5.75 Å². The van der Waals surface area contributed by atoms with Gasteiger partial charge in [0.25, 0.3) is 0 Å². The van der Waals surface area contributed by atoms with Gasteiger partial charge < -0.3 is 23.5 Å². The molecule has 1 fully saturated rings. The first kappa shape index (κ1) is 24.6. The lowest BCUT2D eigenvalue weighted by molar-refractivity contribution is -0.186. The Morgan fingerprint density at radius 1 is 1.00 bits per heavy atom. The first-order valence-electron chi connectivity index (χ1n) is 10.3. The number of carbonyl (C=O) groups is 3. The van der Waals surface area contributed by atoms with Gasteiger partial charge >= 0.3 is 17.9 Å². The molecule has 3 heterocycles. The van der Waals surface area contributed by atoms with E-state index in [0.29, 0.717) is 28.5 Å². The Kier molecular flexibility index (Phi) is 7.62. The largest absolute Gasteiger partial charge is 0.473 e. The van der Waals surface area contributed by atoms with Crippen LogP contribution < -0.4 is 4.74 Å². The highest BCUT2D eigenvalue weighted by molar-refractivity contribution is 7.99. The van der Waals surface area contributed by atoms with Crippen molar-refractivity contribution in [2.24, 2.45) is 0 Å². The van der Waals surface area contributed by atoms with Crippen LogP contribution in [0, 0.1) is 20.8 Å². The quantitative estimate of drug-likeness (QED) is 0.449. The van der Waals surface area contributed by atoms with E-state index in [1.807, 2.05) is 6.92 Å². The number of thioether (sulfide) groups is 1. The van der Waals surface area contributed by atoms with Crippen molar-refractivity contribution in [3.63, 3.8) is 0 Å². The van der Waals surface area contributed by atoms with Crippen LogP contribution >= 0.6 is 11.8 Å². The zero-order chi connectivity index (χ0) is 24.3. The summed E-state index contributed by atoms with van der Waals surface area (Å²) in [7, 11) is 0. The number of carbonyl (C=O) groups excluding carboxylic acids is 3. The van der Waals surface area contributed by atoms with E-state index in [2.05, 4.69) is 10.1 Å². The number of aromatic nitrogens is 2. The molecule has 0 aliphatic carbocycles. The topological polar surface area (TPSA) is 127 Å². The molecule has 0 spiro atoms. The van der Waals surface area contributed by atoms with Gasteiger partial charge in [-0.15, -0.1) is 11.8 Å². The van der Waals surface area contributed by atoms with Crippen LogP contribution in [0.1, 0.15) is 37.8 Å². The molecule has 1 aliphatic rings. The van der Waals surface area contributed by atoms with Crippen LogP contribution in [-0.2, 0) is 28.6 Å². The van der Waals surface area contributed by atoms with Gasteiger partial charge in [-0.05, 0) is 32.4 Å². The minimum absolute atomic E-state index is 0.264. The average Bonchev–Trinajstić information content (AvgIpc) is 3.04. The summed E-state index contributed by atoms with van der Waals surface area (Å²) in [5.41, 5.74) is 1.89. The second kappa shape index (κ2) is 10.2. The summed E-state index contributed by atoms with van der Waals surface area (Å²) in [5, 5.41) is 4.00. The molecular formula is C22H26N2O8S. The van der Waals surface area contributed by atoms with Crippen molar-refractivity contribution in [3.8, 4) is 17.0 Å². The predicted molar refractivity (Wildman–Crippen MR) is 117 cm³/mol. The van der Waals surface area contributed by atoms with Crippen molar-refractivity contribution in [1.29, 1.82) is 0 Å². The fraction of sp³-hybridized carbons (Fsp3) is 0.500. The van der Waals surface area contributed by atoms with Gasteiger partial charge in [0.1, 0.15) is 11.5 Å². The standard InChI is InChI=1S/C22H26N2O8S/c1-10-7-8-23-18(17-11(2)24-32-12(17)3)19(10)31-22-21(30-15(6)27)20(29-14(5)26)16(9-33-22)28-13(4)25/h7-8,16,20-22H,9H2,1-6H3/t16-,20+,21-,22+/m1/s1. The Morgan fingerprint density at radius 3 is 2.21 bits per heavy atom. The van der Waals surface area contributed by atoms with E-state index in [1.54, 1.807) is 26.1 Å². The van der Waals surface area contributed by atoms with Crippen molar-refractivity contribution in [3.05, 3.63) is 29.3 Å². The molecular weight excluding hydrogens is 452 g/mol. The molecule has 0 bridgehead atoms. The molecule has 0 saturated carbocycles. The maximum Gasteiger partial charge on any atom is 0.303 e. The summed E-state index contributed by atoms with van der Waals surface area (Å²) in [6, 6.07) is 1.79. The van der Waals surface area contributed by atoms with Crippen molar-refractivity contribution in [1.82, 2.24) is 10.1 Å². The normalized spacial score (nSPS) is 22.4. The molecule has 33 heavy (non-hydrogen) atoms. The predicted octanol–water partition coefficient (Wildman–Crippen LogP) is 2.91. The zero-order valence-corrected chi connectivity index (χ0v) is 20.1. The molecule has 11 heteroatoms. The van der Waals surface area contributed by atoms with E-state index in [1.165, 1.54) is 32.5 Å². The monoisotopic (exact) mass is 478 g/mol. The minimum Gasteiger partial charge on any atom is -0.473 e. The molecule has 1 aliphatic heterocycles. The van der Waals surface area contributed by atoms with Gasteiger partial charge in [-0.3, -0.25) is 19.4 Å². The highest BCUT2D eigenvalue weighted by Crippen LogP contribution is 2.40. The summed E-state index contributed by atoms with van der Waals surface area (Å²) >= 11 is 1.28. The Labute approximate surface area is 195 Å². The van der Waals surface area contributed by atoms with Crippen LogP contribution in [-0.4, -0.2) is 57.5 Å². The van der Waals surface area contributed by atoms with Gasteiger partial charge in [-0.2, -0.15) is 0 Å². The molecule has 1 saturated heterocycles. The Hall–Kier alpha value is -3.08. The van der Waals surface area contributed by atoms with Gasteiger partial charge in [0.05, 0.1) is 11.3 Å². The maximum absolute atomic E-state index is 11.9. The van der Waals surface area contributed by atoms with Crippen LogP contribution in [0.2, 0.25) is 0 Å². The Bertz CT molecular complexity index is 1030. The lowest BCUT2D eigenvalue weighted by atomic mass is 10.1. The number of rotatable bonds is 6. The summed E-state index contributed by atoms with van der Waals surface area (Å²) < 4.78 is 27.9. The van der Waals surface area contributed by atoms with E-state index in [0.717, 1.165) is 5.56 Å². The number of aryl methyl sites for hydroxylation is 3. The maximum atomic E-state index is 11.9. The lowest BCUT2D eigenvalue weighted by Crippen LogP contribution is -2.55. The minimum atomic E-state index is -1.04. The Morgan fingerprint density at radius 2 is 1.64 bits per heavy atom. The molecule has 178 valence electrons.